The van der Waals surface area contributed by atoms with Crippen molar-refractivity contribution in [2.24, 2.45) is 41.4 Å². The Balaban J connectivity index is 0.000000511. The number of carbonyl (C=O) groups is 6. The van der Waals surface area contributed by atoms with Crippen LogP contribution in [0.2, 0.25) is 0 Å². The lowest BCUT2D eigenvalue weighted by atomic mass is 9.96. The van der Waals surface area contributed by atoms with Crippen LogP contribution in [0.4, 0.5) is 0 Å². The van der Waals surface area contributed by atoms with Crippen LogP contribution in [-0.2, 0) is 28.8 Å². The van der Waals surface area contributed by atoms with E-state index in [0.29, 0.717) is 47.5 Å². The Morgan fingerprint density at radius 1 is 0.412 bits per heavy atom. The molecular weight excluding hydrogens is 1070 g/mol. The van der Waals surface area contributed by atoms with Gasteiger partial charge in [-0.05, 0) is 223 Å². The fourth-order valence-electron chi connectivity index (χ4n) is 13.2. The number of hydrogen-bond donors (Lipinski definition) is 6. The van der Waals surface area contributed by atoms with E-state index in [1.165, 1.54) is 0 Å². The minimum atomic E-state index is -0.0593. The minimum absolute atomic E-state index is 0.00618. The molecule has 6 fully saturated rings. The van der Waals surface area contributed by atoms with E-state index in [2.05, 4.69) is 148 Å². The van der Waals surface area contributed by atoms with Crippen LogP contribution in [0.5, 0.6) is 0 Å². The third-order valence-electron chi connectivity index (χ3n) is 19.2. The Labute approximate surface area is 521 Å². The molecule has 6 aliphatic rings. The van der Waals surface area contributed by atoms with E-state index in [4.69, 9.17) is 0 Å². The van der Waals surface area contributed by atoms with Crippen LogP contribution in [0, 0.1) is 41.4 Å². The number of amides is 6. The van der Waals surface area contributed by atoms with Gasteiger partial charge in [0.1, 0.15) is 0 Å². The summed E-state index contributed by atoms with van der Waals surface area (Å²) in [5.41, 5.74) is -0.0769. The number of likely N-dealkylation sites (N-methyl/N-ethyl adjacent to an activating group) is 8. The van der Waals surface area contributed by atoms with Crippen LogP contribution in [0.25, 0.3) is 0 Å². The maximum atomic E-state index is 12.5. The third kappa shape index (κ3) is 24.8. The second-order valence-corrected chi connectivity index (χ2v) is 28.1. The zero-order valence-corrected chi connectivity index (χ0v) is 59.1. The van der Waals surface area contributed by atoms with Gasteiger partial charge in [0, 0.05) is 76.5 Å². The highest BCUT2D eigenvalue weighted by atomic mass is 16.2. The molecule has 6 saturated heterocycles. The highest BCUT2D eigenvalue weighted by Gasteiger charge is 2.39. The molecule has 0 aromatic heterocycles. The van der Waals surface area contributed by atoms with Crippen LogP contribution >= 0.6 is 0 Å². The zero-order chi connectivity index (χ0) is 65.1. The van der Waals surface area contributed by atoms with Crippen molar-refractivity contribution < 1.29 is 28.8 Å². The summed E-state index contributed by atoms with van der Waals surface area (Å²) >= 11 is 0. The maximum absolute atomic E-state index is 12.5. The monoisotopic (exact) mass is 1200 g/mol. The van der Waals surface area contributed by atoms with E-state index < -0.39 is 0 Å². The number of carbonyl (C=O) groups excluding carboxylic acids is 6. The van der Waals surface area contributed by atoms with E-state index in [1.807, 2.05) is 80.8 Å². The van der Waals surface area contributed by atoms with E-state index in [0.717, 1.165) is 136 Å². The van der Waals surface area contributed by atoms with Gasteiger partial charge in [-0.1, -0.05) is 62.3 Å². The van der Waals surface area contributed by atoms with Crippen molar-refractivity contribution in [3.63, 3.8) is 0 Å². The summed E-state index contributed by atoms with van der Waals surface area (Å²) in [5.74, 6) is 4.89. The molecule has 0 radical (unpaired) electrons. The van der Waals surface area contributed by atoms with Crippen LogP contribution in [0.15, 0.2) is 0 Å². The average molecular weight is 1200 g/mol. The highest BCUT2D eigenvalue weighted by Crippen LogP contribution is 2.28. The van der Waals surface area contributed by atoms with Gasteiger partial charge in [-0.2, -0.15) is 0 Å². The molecule has 0 spiro atoms. The van der Waals surface area contributed by atoms with Crippen LogP contribution in [-0.4, -0.2) is 220 Å². The lowest BCUT2D eigenvalue weighted by Crippen LogP contribution is -2.54. The summed E-state index contributed by atoms with van der Waals surface area (Å²) in [6.07, 6.45) is 14.6. The van der Waals surface area contributed by atoms with Gasteiger partial charge >= 0.3 is 0 Å². The molecule has 0 aromatic carbocycles. The molecule has 0 aromatic rings. The van der Waals surface area contributed by atoms with E-state index in [1.54, 1.807) is 0 Å². The lowest BCUT2D eigenvalue weighted by molar-refractivity contribution is -0.139. The largest absolute Gasteiger partial charge is 0.344 e. The molecule has 6 aliphatic heterocycles. The summed E-state index contributed by atoms with van der Waals surface area (Å²) in [4.78, 5) is 84.4. The Hall–Kier alpha value is -3.42. The van der Waals surface area contributed by atoms with Gasteiger partial charge in [0.25, 0.3) is 0 Å². The number of nitrogens with one attached hydrogen (secondary N) is 6. The number of nitrogens with zero attached hydrogens (tertiary/aromatic N) is 6. The van der Waals surface area contributed by atoms with Gasteiger partial charge in [-0.3, -0.25) is 28.8 Å². The lowest BCUT2D eigenvalue weighted by Gasteiger charge is -2.39. The van der Waals surface area contributed by atoms with Crippen molar-refractivity contribution in [2.45, 2.75) is 255 Å². The van der Waals surface area contributed by atoms with E-state index in [9.17, 15) is 28.8 Å². The Kier molecular flexibility index (Phi) is 37.0. The third-order valence-corrected chi connectivity index (χ3v) is 19.2. The zero-order valence-electron chi connectivity index (χ0n) is 59.1. The predicted molar refractivity (Wildman–Crippen MR) is 353 cm³/mol. The molecule has 12 unspecified atom stereocenters. The Morgan fingerprint density at radius 2 is 0.718 bits per heavy atom. The molecule has 6 amide bonds. The SMILES string of the molecule is CCC(C)(C)N1CCCC(C)C(NC)C1=O.CCN1CCCC(C)C(NC)C1=O.CNC1C(=O)N(C(C)(C)C)CCCC1C.CNC1C(=O)N(C(C)C)CCCC1C.CNC1C(=O)N(C)CCCC1C.CNC1C(=O)N(CC(C)C)CCCC1C. The fourth-order valence-corrected chi connectivity index (χ4v) is 13.2. The van der Waals surface area contributed by atoms with Crippen LogP contribution in [0.3, 0.4) is 0 Å². The molecule has 6 rings (SSSR count). The quantitative estimate of drug-likeness (QED) is 0.112. The van der Waals surface area contributed by atoms with Gasteiger partial charge in [-0.15, -0.1) is 0 Å². The summed E-state index contributed by atoms with van der Waals surface area (Å²) in [6, 6.07) is 0.398. The molecule has 18 nitrogen and oxygen atoms in total. The molecule has 85 heavy (non-hydrogen) atoms. The second-order valence-electron chi connectivity index (χ2n) is 28.1. The van der Waals surface area contributed by atoms with Crippen molar-refractivity contribution in [1.29, 1.82) is 0 Å². The first kappa shape index (κ1) is 79.6. The minimum Gasteiger partial charge on any atom is -0.344 e. The Bertz CT molecular complexity index is 1950. The number of rotatable bonds is 12. The van der Waals surface area contributed by atoms with Gasteiger partial charge in [0.2, 0.25) is 35.4 Å². The van der Waals surface area contributed by atoms with E-state index in [-0.39, 0.29) is 82.8 Å². The second kappa shape index (κ2) is 39.6. The smallest absolute Gasteiger partial charge is 0.240 e. The molecule has 0 saturated carbocycles. The van der Waals surface area contributed by atoms with Crippen molar-refractivity contribution in [1.82, 2.24) is 61.3 Å². The number of hydrogen-bond acceptors (Lipinski definition) is 12. The van der Waals surface area contributed by atoms with Crippen molar-refractivity contribution in [2.75, 3.05) is 102 Å². The van der Waals surface area contributed by atoms with Gasteiger partial charge in [0.05, 0.1) is 36.3 Å². The molecule has 498 valence electrons. The predicted octanol–water partition coefficient (Wildman–Crippen LogP) is 7.70. The first-order valence-corrected chi connectivity index (χ1v) is 33.6. The molecule has 18 heteroatoms. The summed E-state index contributed by atoms with van der Waals surface area (Å²) < 4.78 is 0. The first-order chi connectivity index (χ1) is 39.8. The molecule has 0 bridgehead atoms. The topological polar surface area (TPSA) is 194 Å². The standard InChI is InChI=1S/C13H26N2O.2C12H24N2O.C11H22N2O.C10H20N2O.C9H18N2O/c1-6-13(3,4)15-9-7-8-10(2)11(14-5)12(15)16;1-9-7-6-8-14(12(2,3)4)11(15)10(9)13-5;1-9(2)8-14-7-5-6-10(3)11(13-4)12(14)15;1-8(2)13-7-5-6-9(3)10(12-4)11(13)14;1-4-12-7-5-6-8(2)9(11-3)10(12)13;1-7-5-4-6-11(3)9(12)8(7)10-2/h10-11,14H,6-9H2,1-5H3;9-10,13H,6-8H2,1-5H3;9-11,13H,5-8H2,1-4H3;8-10,12H,5-7H2,1-4H3;8-9,11H,4-7H2,1-3H3;7-8,10H,4-6H2,1-3H3. The number of likely N-dealkylation sites (tertiary alicyclic amines) is 6. The van der Waals surface area contributed by atoms with E-state index >= 15 is 0 Å². The summed E-state index contributed by atoms with van der Waals surface area (Å²) in [5, 5.41) is 18.8. The molecular formula is C67H134N12O6. The van der Waals surface area contributed by atoms with Crippen molar-refractivity contribution in [3.05, 3.63) is 0 Å². The normalized spacial score (nSPS) is 29.4. The first-order valence-electron chi connectivity index (χ1n) is 33.6. The highest BCUT2D eigenvalue weighted by molar-refractivity contribution is 5.85. The molecule has 6 N–H and O–H groups in total. The van der Waals surface area contributed by atoms with Gasteiger partial charge < -0.3 is 61.3 Å². The fraction of sp³-hybridized carbons (Fsp3) is 0.910. The molecule has 6 heterocycles. The summed E-state index contributed by atoms with van der Waals surface area (Å²) in [7, 11) is 13.1. The van der Waals surface area contributed by atoms with Crippen molar-refractivity contribution >= 4 is 35.4 Å². The Morgan fingerprint density at radius 3 is 1.07 bits per heavy atom. The summed E-state index contributed by atoms with van der Waals surface area (Å²) in [6.45, 7) is 43.5. The van der Waals surface area contributed by atoms with Crippen LogP contribution < -0.4 is 31.9 Å². The van der Waals surface area contributed by atoms with Gasteiger partial charge in [0.15, 0.2) is 0 Å². The molecule has 0 aliphatic carbocycles. The molecule has 12 atom stereocenters. The maximum Gasteiger partial charge on any atom is 0.240 e. The van der Waals surface area contributed by atoms with Crippen molar-refractivity contribution in [3.8, 4) is 0 Å². The van der Waals surface area contributed by atoms with Gasteiger partial charge in [-0.25, -0.2) is 0 Å². The average Bonchev–Trinajstić information content (AvgIpc) is 4.17. The van der Waals surface area contributed by atoms with Crippen LogP contribution in [0.1, 0.15) is 201 Å².